The van der Waals surface area contributed by atoms with Gasteiger partial charge >= 0.3 is 5.97 Å². The number of hydrogen-bond acceptors (Lipinski definition) is 9. The lowest BCUT2D eigenvalue weighted by Gasteiger charge is -2.38. The van der Waals surface area contributed by atoms with E-state index in [1.54, 1.807) is 74.7 Å². The number of hydrogen-bond donors (Lipinski definition) is 2. The van der Waals surface area contributed by atoms with Gasteiger partial charge in [-0.15, -0.1) is 13.2 Å². The SMILES string of the molecule is C=CCCC(=O)N[C@H](COC)[C@H](OC(=O)[C@H]1[C@@H]2O[C@@]3(CC2Br)[C@@H]1C(=O)N([C@H](C)CO)[C@@H]3C(=O)N(CC=C)c1ccc(OC)cc1)c1ccccc1. The van der Waals surface area contributed by atoms with Crippen LogP contribution in [0.2, 0.25) is 0 Å². The molecule has 3 heterocycles. The summed E-state index contributed by atoms with van der Waals surface area (Å²) in [4.78, 5) is 59.2. The van der Waals surface area contributed by atoms with E-state index in [1.165, 1.54) is 16.9 Å². The van der Waals surface area contributed by atoms with Crippen molar-refractivity contribution in [3.8, 4) is 5.75 Å². The fourth-order valence-electron chi connectivity index (χ4n) is 7.67. The third-order valence-corrected chi connectivity index (χ3v) is 10.8. The van der Waals surface area contributed by atoms with E-state index in [-0.39, 0.29) is 31.9 Å². The van der Waals surface area contributed by atoms with Crippen LogP contribution >= 0.6 is 15.9 Å². The largest absolute Gasteiger partial charge is 0.497 e. The number of allylic oxidation sites excluding steroid dienone is 1. The second-order valence-corrected chi connectivity index (χ2v) is 14.3. The van der Waals surface area contributed by atoms with E-state index >= 15 is 0 Å². The Hall–Kier alpha value is -4.04. The number of benzene rings is 2. The minimum Gasteiger partial charge on any atom is -0.497 e. The summed E-state index contributed by atoms with van der Waals surface area (Å²) in [6, 6.07) is 13.2. The van der Waals surface area contributed by atoms with Crippen LogP contribution in [-0.4, -0.2) is 102 Å². The molecule has 0 radical (unpaired) electrons. The first-order valence-corrected chi connectivity index (χ1v) is 17.9. The molecule has 3 amide bonds. The predicted octanol–water partition coefficient (Wildman–Crippen LogP) is 3.72. The molecule has 274 valence electrons. The van der Waals surface area contributed by atoms with Crippen molar-refractivity contribution in [1.82, 2.24) is 10.2 Å². The Bertz CT molecular complexity index is 1590. The summed E-state index contributed by atoms with van der Waals surface area (Å²) < 4.78 is 23.7. The zero-order chi connectivity index (χ0) is 36.9. The molecule has 2 bridgehead atoms. The number of aliphatic hydroxyl groups is 1. The van der Waals surface area contributed by atoms with E-state index in [1.807, 2.05) is 6.07 Å². The first kappa shape index (κ1) is 38.2. The highest BCUT2D eigenvalue weighted by Gasteiger charge is 2.77. The summed E-state index contributed by atoms with van der Waals surface area (Å²) in [6.07, 6.45) is 2.39. The number of anilines is 1. The lowest BCUT2D eigenvalue weighted by molar-refractivity contribution is -0.163. The molecule has 3 aliphatic rings. The standard InChI is InChI=1S/C38H46BrN3O9/c1-6-8-14-29(44)40-28(22-48-4)32(24-12-10-9-11-13-24)50-37(47)30-31-35(45)42(23(3)21-43)34(38(31)20-27(39)33(30)51-38)36(46)41(19-7-2)25-15-17-26(49-5)18-16-25/h6-7,9-13,15-18,23,27-28,30-34,43H,1-2,8,14,19-22H2,3-5H3,(H,40,44)/t23-,27?,28-,30-,31+,32-,33-,34-,38+/m1/s1. The number of carbonyl (C=O) groups excluding carboxylic acids is 4. The fraction of sp³-hybridized carbons (Fsp3) is 0.474. The van der Waals surface area contributed by atoms with E-state index in [0.717, 1.165) is 0 Å². The second-order valence-electron chi connectivity index (χ2n) is 13.1. The van der Waals surface area contributed by atoms with Crippen LogP contribution in [0.4, 0.5) is 5.69 Å². The first-order chi connectivity index (χ1) is 24.6. The lowest BCUT2D eigenvalue weighted by Crippen LogP contribution is -2.58. The average molecular weight is 769 g/mol. The van der Waals surface area contributed by atoms with Crippen molar-refractivity contribution in [3.63, 3.8) is 0 Å². The third kappa shape index (κ3) is 7.35. The van der Waals surface area contributed by atoms with Crippen LogP contribution < -0.4 is 15.0 Å². The number of carbonyl (C=O) groups is 4. The fourth-order valence-corrected chi connectivity index (χ4v) is 8.61. The molecule has 0 aliphatic carbocycles. The smallest absolute Gasteiger partial charge is 0.313 e. The van der Waals surface area contributed by atoms with Gasteiger partial charge in [0.15, 0.2) is 0 Å². The van der Waals surface area contributed by atoms with Crippen molar-refractivity contribution in [2.45, 2.75) is 66.9 Å². The van der Waals surface area contributed by atoms with E-state index in [0.29, 0.717) is 23.4 Å². The number of fused-ring (bicyclic) bond motifs is 1. The van der Waals surface area contributed by atoms with Gasteiger partial charge in [-0.2, -0.15) is 0 Å². The number of rotatable bonds is 17. The van der Waals surface area contributed by atoms with Crippen LogP contribution in [-0.2, 0) is 33.4 Å². The monoisotopic (exact) mass is 767 g/mol. The van der Waals surface area contributed by atoms with Crippen molar-refractivity contribution < 1.29 is 43.2 Å². The number of aliphatic hydroxyl groups excluding tert-OH is 1. The number of nitrogens with zero attached hydrogens (tertiary/aromatic N) is 2. The Labute approximate surface area is 306 Å². The Morgan fingerprint density at radius 1 is 1.14 bits per heavy atom. The second kappa shape index (κ2) is 16.5. The van der Waals surface area contributed by atoms with Gasteiger partial charge in [-0.3, -0.25) is 19.2 Å². The van der Waals surface area contributed by atoms with Crippen LogP contribution in [0.3, 0.4) is 0 Å². The maximum Gasteiger partial charge on any atom is 0.313 e. The molecule has 51 heavy (non-hydrogen) atoms. The normalized spacial score (nSPS) is 26.5. The van der Waals surface area contributed by atoms with E-state index < -0.39 is 77.0 Å². The molecule has 2 N–H and O–H groups in total. The first-order valence-electron chi connectivity index (χ1n) is 17.0. The summed E-state index contributed by atoms with van der Waals surface area (Å²) in [5.41, 5.74) is -0.237. The number of ether oxygens (including phenoxy) is 4. The van der Waals surface area contributed by atoms with E-state index in [2.05, 4.69) is 34.4 Å². The molecule has 0 aromatic heterocycles. The minimum absolute atomic E-state index is 0.0352. The highest BCUT2D eigenvalue weighted by molar-refractivity contribution is 9.09. The molecule has 2 aromatic carbocycles. The topological polar surface area (TPSA) is 144 Å². The highest BCUT2D eigenvalue weighted by atomic mass is 79.9. The summed E-state index contributed by atoms with van der Waals surface area (Å²) in [6.45, 7) is 8.93. The molecule has 1 unspecified atom stereocenters. The summed E-state index contributed by atoms with van der Waals surface area (Å²) in [5.74, 6) is -3.45. The number of methoxy groups -OCH3 is 2. The van der Waals surface area contributed by atoms with Gasteiger partial charge in [-0.1, -0.05) is 58.4 Å². The van der Waals surface area contributed by atoms with Crippen molar-refractivity contribution in [1.29, 1.82) is 0 Å². The Kier molecular flexibility index (Phi) is 12.4. The summed E-state index contributed by atoms with van der Waals surface area (Å²) in [7, 11) is 3.04. The van der Waals surface area contributed by atoms with Gasteiger partial charge < -0.3 is 39.2 Å². The maximum atomic E-state index is 14.8. The molecule has 3 saturated heterocycles. The molecule has 0 saturated carbocycles. The van der Waals surface area contributed by atoms with Crippen LogP contribution in [0, 0.1) is 11.8 Å². The Morgan fingerprint density at radius 3 is 2.45 bits per heavy atom. The van der Waals surface area contributed by atoms with Crippen molar-refractivity contribution in [2.75, 3.05) is 38.9 Å². The predicted molar refractivity (Wildman–Crippen MR) is 193 cm³/mol. The number of halogens is 1. The third-order valence-electron chi connectivity index (χ3n) is 9.94. The van der Waals surface area contributed by atoms with Crippen molar-refractivity contribution in [3.05, 3.63) is 85.5 Å². The minimum atomic E-state index is -1.40. The number of amides is 3. The van der Waals surface area contributed by atoms with Crippen LogP contribution in [0.15, 0.2) is 79.9 Å². The molecule has 5 rings (SSSR count). The molecule has 9 atom stereocenters. The molecule has 2 aromatic rings. The van der Waals surface area contributed by atoms with Gasteiger partial charge in [0.25, 0.3) is 5.91 Å². The number of esters is 1. The van der Waals surface area contributed by atoms with Crippen molar-refractivity contribution >= 4 is 45.3 Å². The molecule has 3 aliphatic heterocycles. The number of likely N-dealkylation sites (tertiary alicyclic amines) is 1. The number of alkyl halides is 1. The molecule has 1 spiro atoms. The van der Waals surface area contributed by atoms with Gasteiger partial charge in [0, 0.05) is 30.6 Å². The Morgan fingerprint density at radius 2 is 1.84 bits per heavy atom. The number of nitrogens with one attached hydrogen (secondary N) is 1. The van der Waals surface area contributed by atoms with Crippen LogP contribution in [0.25, 0.3) is 0 Å². The van der Waals surface area contributed by atoms with Crippen LogP contribution in [0.5, 0.6) is 5.75 Å². The maximum absolute atomic E-state index is 14.8. The van der Waals surface area contributed by atoms with Gasteiger partial charge in [-0.25, -0.2) is 0 Å². The van der Waals surface area contributed by atoms with Crippen molar-refractivity contribution in [2.24, 2.45) is 11.8 Å². The van der Waals surface area contributed by atoms with E-state index in [4.69, 9.17) is 18.9 Å². The molecular formula is C38H46BrN3O9. The summed E-state index contributed by atoms with van der Waals surface area (Å²) >= 11 is 3.70. The van der Waals surface area contributed by atoms with Gasteiger partial charge in [0.2, 0.25) is 11.8 Å². The van der Waals surface area contributed by atoms with E-state index in [9.17, 15) is 24.3 Å². The molecule has 13 heteroatoms. The summed E-state index contributed by atoms with van der Waals surface area (Å²) in [5, 5.41) is 13.3. The van der Waals surface area contributed by atoms with Gasteiger partial charge in [0.1, 0.15) is 23.5 Å². The zero-order valence-electron chi connectivity index (χ0n) is 29.1. The molecule has 3 fully saturated rings. The van der Waals surface area contributed by atoms with Gasteiger partial charge in [-0.05, 0) is 49.6 Å². The lowest BCUT2D eigenvalue weighted by atomic mass is 9.70. The average Bonchev–Trinajstić information content (AvgIpc) is 3.74. The quantitative estimate of drug-likeness (QED) is 0.140. The molecular weight excluding hydrogens is 722 g/mol. The highest BCUT2D eigenvalue weighted by Crippen LogP contribution is 2.61. The zero-order valence-corrected chi connectivity index (χ0v) is 30.7. The molecule has 12 nitrogen and oxygen atoms in total. The van der Waals surface area contributed by atoms with Crippen LogP contribution in [0.1, 0.15) is 37.9 Å². The Balaban J connectivity index is 1.52. The van der Waals surface area contributed by atoms with Gasteiger partial charge in [0.05, 0.1) is 50.3 Å².